The fourth-order valence-electron chi connectivity index (χ4n) is 5.13. The van der Waals surface area contributed by atoms with Crippen LogP contribution in [0.25, 0.3) is 11.5 Å². The zero-order chi connectivity index (χ0) is 35.9. The van der Waals surface area contributed by atoms with Gasteiger partial charge in [0.05, 0.1) is 0 Å². The zero-order valence-corrected chi connectivity index (χ0v) is 27.3. The van der Waals surface area contributed by atoms with Crippen LogP contribution in [0, 0.1) is 11.6 Å². The molecule has 2 amide bonds. The number of aliphatic hydroxyl groups is 2. The Balaban J connectivity index is 1.12. The highest BCUT2D eigenvalue weighted by atomic mass is 19.1. The van der Waals surface area contributed by atoms with Gasteiger partial charge in [0.25, 0.3) is 11.8 Å². The van der Waals surface area contributed by atoms with Crippen LogP contribution in [-0.4, -0.2) is 46.7 Å². The number of hydrogen-bond acceptors (Lipinski definition) is 6. The van der Waals surface area contributed by atoms with Crippen molar-refractivity contribution in [3.63, 3.8) is 0 Å². The Morgan fingerprint density at radius 1 is 0.540 bits per heavy atom. The third-order valence-corrected chi connectivity index (χ3v) is 7.81. The van der Waals surface area contributed by atoms with Gasteiger partial charge in [-0.05, 0) is 59.4 Å². The van der Waals surface area contributed by atoms with Gasteiger partial charge in [0.1, 0.15) is 23.2 Å². The Kier molecular flexibility index (Phi) is 13.7. The first-order valence-electron chi connectivity index (χ1n) is 16.2. The van der Waals surface area contributed by atoms with E-state index < -0.39 is 23.4 Å². The summed E-state index contributed by atoms with van der Waals surface area (Å²) in [6.45, 7) is 0.460. The van der Waals surface area contributed by atoms with Crippen LogP contribution in [0.2, 0.25) is 0 Å². The second kappa shape index (κ2) is 18.6. The van der Waals surface area contributed by atoms with Crippen molar-refractivity contribution in [1.82, 2.24) is 10.6 Å². The van der Waals surface area contributed by atoms with Crippen molar-refractivity contribution in [2.45, 2.75) is 38.5 Å². The quantitative estimate of drug-likeness (QED) is 0.0432. The molecule has 0 aliphatic carbocycles. The molecule has 0 aromatic heterocycles. The van der Waals surface area contributed by atoms with Crippen LogP contribution in [0.15, 0.2) is 109 Å². The predicted octanol–water partition coefficient (Wildman–Crippen LogP) is 6.58. The van der Waals surface area contributed by atoms with E-state index in [0.29, 0.717) is 60.8 Å². The molecule has 0 atom stereocenters. The number of nitrogens with one attached hydrogen (secondary N) is 2. The fraction of sp³-hybridized carbons (Fsp3) is 0.200. The van der Waals surface area contributed by atoms with Crippen LogP contribution in [0.5, 0.6) is 0 Å². The molecule has 0 saturated carbocycles. The van der Waals surface area contributed by atoms with Gasteiger partial charge < -0.3 is 20.8 Å². The van der Waals surface area contributed by atoms with Crippen LogP contribution in [-0.2, 0) is 32.0 Å². The Morgan fingerprint density at radius 2 is 0.940 bits per heavy atom. The average molecular weight is 681 g/mol. The molecule has 8 nitrogen and oxygen atoms in total. The highest BCUT2D eigenvalue weighted by Gasteiger charge is 2.15. The molecule has 0 unspecified atom stereocenters. The van der Waals surface area contributed by atoms with Crippen molar-refractivity contribution in [2.24, 2.45) is 0 Å². The van der Waals surface area contributed by atoms with Crippen molar-refractivity contribution in [1.29, 1.82) is 0 Å². The number of benzene rings is 4. The number of ketones is 2. The molecule has 0 saturated heterocycles. The van der Waals surface area contributed by atoms with Crippen molar-refractivity contribution in [2.75, 3.05) is 13.1 Å². The van der Waals surface area contributed by atoms with Crippen LogP contribution in [0.4, 0.5) is 8.78 Å². The molecule has 0 aliphatic rings. The maximum absolute atomic E-state index is 14.0. The molecule has 4 aromatic carbocycles. The molecule has 0 bridgehead atoms. The first kappa shape index (κ1) is 36.9. The van der Waals surface area contributed by atoms with Crippen molar-refractivity contribution in [3.05, 3.63) is 154 Å². The topological polar surface area (TPSA) is 133 Å². The number of aliphatic hydroxyl groups excluding tert-OH is 2. The number of halogens is 2. The SMILES string of the molecule is O=C(/C=C(\O)c1cccc(Cc2ccccc2F)c1)C(=O)NCCCCCCNC(=O)C(=O)/C=C(\O)c1cccc(Cc2ccccc2F)c1. The van der Waals surface area contributed by atoms with Gasteiger partial charge in [0.2, 0.25) is 11.6 Å². The van der Waals surface area contributed by atoms with Gasteiger partial charge in [-0.1, -0.05) is 85.6 Å². The molecule has 0 aliphatic heterocycles. The van der Waals surface area contributed by atoms with E-state index in [1.54, 1.807) is 84.9 Å². The minimum atomic E-state index is -0.912. The van der Waals surface area contributed by atoms with Crippen molar-refractivity contribution < 1.29 is 38.2 Å². The Hall–Kier alpha value is -5.90. The van der Waals surface area contributed by atoms with Gasteiger partial charge in [0, 0.05) is 49.2 Å². The number of amides is 2. The van der Waals surface area contributed by atoms with Crippen LogP contribution >= 0.6 is 0 Å². The van der Waals surface area contributed by atoms with Gasteiger partial charge in [-0.25, -0.2) is 8.78 Å². The minimum Gasteiger partial charge on any atom is -0.507 e. The molecule has 0 fully saturated rings. The van der Waals surface area contributed by atoms with Gasteiger partial charge >= 0.3 is 0 Å². The third kappa shape index (κ3) is 11.4. The van der Waals surface area contributed by atoms with E-state index in [1.165, 1.54) is 12.1 Å². The molecule has 10 heteroatoms. The molecular formula is C40H38F2N2O6. The molecule has 4 N–H and O–H groups in total. The molecule has 50 heavy (non-hydrogen) atoms. The molecule has 4 rings (SSSR count). The summed E-state index contributed by atoms with van der Waals surface area (Å²) in [5.74, 6) is -4.98. The number of unbranched alkanes of at least 4 members (excludes halogenated alkanes) is 3. The lowest BCUT2D eigenvalue weighted by atomic mass is 10.0. The van der Waals surface area contributed by atoms with Crippen LogP contribution < -0.4 is 10.6 Å². The van der Waals surface area contributed by atoms with Gasteiger partial charge in [-0.3, -0.25) is 19.2 Å². The Morgan fingerprint density at radius 3 is 1.34 bits per heavy atom. The van der Waals surface area contributed by atoms with E-state index in [-0.39, 0.29) is 36.2 Å². The fourth-order valence-corrected chi connectivity index (χ4v) is 5.13. The predicted molar refractivity (Wildman–Crippen MR) is 187 cm³/mol. The highest BCUT2D eigenvalue weighted by Crippen LogP contribution is 2.19. The second-order valence-electron chi connectivity index (χ2n) is 11.7. The maximum atomic E-state index is 14.0. The smallest absolute Gasteiger partial charge is 0.291 e. The maximum Gasteiger partial charge on any atom is 0.291 e. The number of carbonyl (C=O) groups is 4. The molecule has 0 heterocycles. The lowest BCUT2D eigenvalue weighted by Gasteiger charge is -2.07. The van der Waals surface area contributed by atoms with E-state index in [1.807, 2.05) is 0 Å². The Bertz CT molecular complexity index is 1770. The number of rotatable bonds is 17. The highest BCUT2D eigenvalue weighted by molar-refractivity contribution is 6.42. The molecule has 258 valence electrons. The molecule has 4 aromatic rings. The normalized spacial score (nSPS) is 11.6. The van der Waals surface area contributed by atoms with Gasteiger partial charge in [-0.15, -0.1) is 0 Å². The molecule has 0 radical (unpaired) electrons. The molecule has 0 spiro atoms. The first-order valence-corrected chi connectivity index (χ1v) is 16.2. The van der Waals surface area contributed by atoms with Gasteiger partial charge in [0.15, 0.2) is 0 Å². The largest absolute Gasteiger partial charge is 0.507 e. The van der Waals surface area contributed by atoms with Crippen molar-refractivity contribution >= 4 is 34.9 Å². The summed E-state index contributed by atoms with van der Waals surface area (Å²) in [4.78, 5) is 49.1. The summed E-state index contributed by atoms with van der Waals surface area (Å²) in [5.41, 5.74) is 3.08. The van der Waals surface area contributed by atoms with E-state index in [2.05, 4.69) is 10.6 Å². The Labute approximate surface area is 289 Å². The monoisotopic (exact) mass is 680 g/mol. The summed E-state index contributed by atoms with van der Waals surface area (Å²) in [6, 6.07) is 26.0. The average Bonchev–Trinajstić information content (AvgIpc) is 3.11. The van der Waals surface area contributed by atoms with Crippen LogP contribution in [0.1, 0.15) is 59.1 Å². The van der Waals surface area contributed by atoms with E-state index in [0.717, 1.165) is 23.3 Å². The third-order valence-electron chi connectivity index (χ3n) is 7.81. The summed E-state index contributed by atoms with van der Waals surface area (Å²) >= 11 is 0. The summed E-state index contributed by atoms with van der Waals surface area (Å²) < 4.78 is 28.0. The second-order valence-corrected chi connectivity index (χ2v) is 11.7. The zero-order valence-electron chi connectivity index (χ0n) is 27.3. The van der Waals surface area contributed by atoms with Crippen LogP contribution in [0.3, 0.4) is 0 Å². The summed E-state index contributed by atoms with van der Waals surface area (Å²) in [6.07, 6.45) is 4.77. The summed E-state index contributed by atoms with van der Waals surface area (Å²) in [5, 5.41) is 25.9. The minimum absolute atomic E-state index is 0.230. The van der Waals surface area contributed by atoms with Gasteiger partial charge in [-0.2, -0.15) is 0 Å². The summed E-state index contributed by atoms with van der Waals surface area (Å²) in [7, 11) is 0. The number of carbonyl (C=O) groups excluding carboxylic acids is 4. The van der Waals surface area contributed by atoms with Crippen molar-refractivity contribution in [3.8, 4) is 0 Å². The number of hydrogen-bond donors (Lipinski definition) is 4. The van der Waals surface area contributed by atoms with E-state index in [4.69, 9.17) is 0 Å². The first-order chi connectivity index (χ1) is 24.1. The lowest BCUT2D eigenvalue weighted by Crippen LogP contribution is -2.31. The standard InChI is InChI=1S/C40H38F2N2O6/c41-33-17-5-3-13-29(33)21-27-11-9-15-31(23-27)35(45)25-37(47)39(49)43-19-7-1-2-8-20-44-40(50)38(48)26-36(46)32-16-10-12-28(24-32)22-30-14-4-6-18-34(30)42/h3-6,9-18,23-26,45-46H,1-2,7-8,19-22H2,(H,43,49)(H,44,50)/b35-25-,36-26-. The van der Waals surface area contributed by atoms with E-state index in [9.17, 15) is 38.2 Å². The lowest BCUT2D eigenvalue weighted by molar-refractivity contribution is -0.135. The van der Waals surface area contributed by atoms with E-state index >= 15 is 0 Å². The molecular weight excluding hydrogens is 642 g/mol.